The lowest BCUT2D eigenvalue weighted by molar-refractivity contribution is 0.707. The highest BCUT2D eigenvalue weighted by molar-refractivity contribution is 5.86. The van der Waals surface area contributed by atoms with Crippen LogP contribution < -0.4 is 0 Å². The summed E-state index contributed by atoms with van der Waals surface area (Å²) >= 11 is 0. The fourth-order valence-corrected chi connectivity index (χ4v) is 3.39. The third-order valence-electron chi connectivity index (χ3n) is 4.62. The van der Waals surface area contributed by atoms with Gasteiger partial charge in [-0.1, -0.05) is 19.8 Å². The normalized spacial score (nSPS) is 16.3. The molecule has 0 aromatic carbocycles. The van der Waals surface area contributed by atoms with Crippen LogP contribution in [0, 0.1) is 5.92 Å². The second-order valence-electron chi connectivity index (χ2n) is 6.09. The van der Waals surface area contributed by atoms with Crippen molar-refractivity contribution in [2.45, 2.75) is 45.4 Å². The quantitative estimate of drug-likeness (QED) is 0.774. The van der Waals surface area contributed by atoms with Gasteiger partial charge < -0.3 is 4.98 Å². The summed E-state index contributed by atoms with van der Waals surface area (Å²) in [5, 5.41) is 0. The van der Waals surface area contributed by atoms with Crippen LogP contribution in [0.25, 0.3) is 11.3 Å². The zero-order valence-corrected chi connectivity index (χ0v) is 13.4. The molecule has 0 spiro atoms. The van der Waals surface area contributed by atoms with Crippen molar-refractivity contribution in [2.24, 2.45) is 10.9 Å². The molecule has 3 nitrogen and oxygen atoms in total. The Balaban J connectivity index is 1.58. The van der Waals surface area contributed by atoms with Crippen molar-refractivity contribution >= 4 is 5.71 Å². The van der Waals surface area contributed by atoms with Crippen LogP contribution in [-0.2, 0) is 6.42 Å². The van der Waals surface area contributed by atoms with Gasteiger partial charge in [0.15, 0.2) is 0 Å². The van der Waals surface area contributed by atoms with Crippen LogP contribution in [0.15, 0.2) is 41.7 Å². The molecule has 2 aromatic heterocycles. The second kappa shape index (κ2) is 7.39. The summed E-state index contributed by atoms with van der Waals surface area (Å²) in [5.74, 6) is 0.765. The highest BCUT2D eigenvalue weighted by Gasteiger charge is 2.19. The van der Waals surface area contributed by atoms with Crippen molar-refractivity contribution in [1.29, 1.82) is 0 Å². The summed E-state index contributed by atoms with van der Waals surface area (Å²) in [6, 6.07) is 8.38. The maximum Gasteiger partial charge on any atom is 0.0457 e. The maximum atomic E-state index is 4.89. The molecule has 0 bridgehead atoms. The Morgan fingerprint density at radius 1 is 1.18 bits per heavy atom. The molecule has 3 heteroatoms. The fraction of sp³-hybridized carbons (Fsp3) is 0.474. The summed E-state index contributed by atoms with van der Waals surface area (Å²) in [6.07, 6.45) is 11.2. The van der Waals surface area contributed by atoms with Gasteiger partial charge in [-0.05, 0) is 49.4 Å². The second-order valence-corrected chi connectivity index (χ2v) is 6.09. The van der Waals surface area contributed by atoms with E-state index in [2.05, 4.69) is 29.0 Å². The lowest BCUT2D eigenvalue weighted by Crippen LogP contribution is -2.11. The molecule has 1 saturated carbocycles. The van der Waals surface area contributed by atoms with Gasteiger partial charge in [0, 0.05) is 48.0 Å². The van der Waals surface area contributed by atoms with Crippen molar-refractivity contribution < 1.29 is 0 Å². The molecule has 0 aliphatic heterocycles. The minimum Gasteiger partial charge on any atom is -0.358 e. The molecule has 0 amide bonds. The lowest BCUT2D eigenvalue weighted by atomic mass is 10.00. The zero-order valence-electron chi connectivity index (χ0n) is 13.4. The molecule has 0 saturated heterocycles. The van der Waals surface area contributed by atoms with Gasteiger partial charge in [-0.3, -0.25) is 9.98 Å². The smallest absolute Gasteiger partial charge is 0.0457 e. The van der Waals surface area contributed by atoms with E-state index in [1.54, 1.807) is 0 Å². The van der Waals surface area contributed by atoms with E-state index in [0.717, 1.165) is 31.0 Å². The van der Waals surface area contributed by atoms with Crippen LogP contribution in [0.1, 0.15) is 44.7 Å². The SMILES string of the molecule is CCC(=NCCc1ccc(-c2ccncc2)[nH]1)C1CCCC1. The molecular weight excluding hydrogens is 270 g/mol. The number of hydrogen-bond donors (Lipinski definition) is 1. The van der Waals surface area contributed by atoms with Gasteiger partial charge in [-0.15, -0.1) is 0 Å². The van der Waals surface area contributed by atoms with Crippen LogP contribution >= 0.6 is 0 Å². The number of H-pyrrole nitrogens is 1. The molecule has 3 rings (SSSR count). The van der Waals surface area contributed by atoms with E-state index < -0.39 is 0 Å². The number of aliphatic imine (C=N–C) groups is 1. The number of hydrogen-bond acceptors (Lipinski definition) is 2. The first-order valence-corrected chi connectivity index (χ1v) is 8.48. The third kappa shape index (κ3) is 3.65. The van der Waals surface area contributed by atoms with Crippen LogP contribution in [0.5, 0.6) is 0 Å². The molecular formula is C19H25N3. The Hall–Kier alpha value is -1.90. The molecule has 1 N–H and O–H groups in total. The number of aromatic nitrogens is 2. The predicted molar refractivity (Wildman–Crippen MR) is 92.3 cm³/mol. The number of aromatic amines is 1. The van der Waals surface area contributed by atoms with E-state index in [1.807, 2.05) is 24.5 Å². The predicted octanol–water partition coefficient (Wildman–Crippen LogP) is 4.66. The molecule has 1 aliphatic carbocycles. The number of rotatable bonds is 6. The van der Waals surface area contributed by atoms with Crippen LogP contribution in [0.2, 0.25) is 0 Å². The molecule has 116 valence electrons. The Bertz CT molecular complexity index is 607. The molecule has 0 unspecified atom stereocenters. The summed E-state index contributed by atoms with van der Waals surface area (Å²) in [4.78, 5) is 12.4. The van der Waals surface area contributed by atoms with Gasteiger partial charge in [0.05, 0.1) is 0 Å². The summed E-state index contributed by atoms with van der Waals surface area (Å²) in [5.41, 5.74) is 5.05. The summed E-state index contributed by atoms with van der Waals surface area (Å²) < 4.78 is 0. The average Bonchev–Trinajstić information content (AvgIpc) is 3.24. The minimum atomic E-state index is 0.765. The van der Waals surface area contributed by atoms with Crippen LogP contribution in [-0.4, -0.2) is 22.2 Å². The number of pyridine rings is 1. The van der Waals surface area contributed by atoms with Crippen LogP contribution in [0.3, 0.4) is 0 Å². The van der Waals surface area contributed by atoms with E-state index >= 15 is 0 Å². The monoisotopic (exact) mass is 295 g/mol. The molecule has 0 atom stereocenters. The first kappa shape index (κ1) is 15.0. The van der Waals surface area contributed by atoms with Gasteiger partial charge in [0.2, 0.25) is 0 Å². The summed E-state index contributed by atoms with van der Waals surface area (Å²) in [6.45, 7) is 3.14. The van der Waals surface area contributed by atoms with E-state index in [0.29, 0.717) is 0 Å². The highest BCUT2D eigenvalue weighted by Crippen LogP contribution is 2.27. The van der Waals surface area contributed by atoms with Gasteiger partial charge in [-0.25, -0.2) is 0 Å². The standard InChI is InChI=1S/C19H25N3/c1-2-18(15-5-3-4-6-15)21-14-11-17-7-8-19(22-17)16-9-12-20-13-10-16/h7-10,12-13,15,22H,2-6,11,14H2,1H3. The van der Waals surface area contributed by atoms with Gasteiger partial charge >= 0.3 is 0 Å². The van der Waals surface area contributed by atoms with Gasteiger partial charge in [0.25, 0.3) is 0 Å². The topological polar surface area (TPSA) is 41.0 Å². The van der Waals surface area contributed by atoms with Gasteiger partial charge in [0.1, 0.15) is 0 Å². The Morgan fingerprint density at radius 3 is 2.68 bits per heavy atom. The lowest BCUT2D eigenvalue weighted by Gasteiger charge is -2.11. The molecule has 2 heterocycles. The van der Waals surface area contributed by atoms with Crippen molar-refractivity contribution in [3.63, 3.8) is 0 Å². The Labute approximate surface area is 132 Å². The Morgan fingerprint density at radius 2 is 1.95 bits per heavy atom. The molecule has 0 radical (unpaired) electrons. The maximum absolute atomic E-state index is 4.89. The molecule has 22 heavy (non-hydrogen) atoms. The first-order valence-electron chi connectivity index (χ1n) is 8.48. The molecule has 1 aliphatic rings. The van der Waals surface area contributed by atoms with E-state index in [1.165, 1.54) is 42.7 Å². The van der Waals surface area contributed by atoms with Crippen molar-refractivity contribution in [3.8, 4) is 11.3 Å². The molecule has 1 fully saturated rings. The Kier molecular flexibility index (Phi) is 5.04. The minimum absolute atomic E-state index is 0.765. The number of nitrogens with one attached hydrogen (secondary N) is 1. The first-order chi connectivity index (χ1) is 10.9. The van der Waals surface area contributed by atoms with Crippen molar-refractivity contribution in [1.82, 2.24) is 9.97 Å². The van der Waals surface area contributed by atoms with Crippen LogP contribution in [0.4, 0.5) is 0 Å². The van der Waals surface area contributed by atoms with Crippen molar-refractivity contribution in [3.05, 3.63) is 42.4 Å². The third-order valence-corrected chi connectivity index (χ3v) is 4.62. The zero-order chi connectivity index (χ0) is 15.2. The van der Waals surface area contributed by atoms with E-state index in [4.69, 9.17) is 4.99 Å². The number of nitrogens with zero attached hydrogens (tertiary/aromatic N) is 2. The average molecular weight is 295 g/mol. The fourth-order valence-electron chi connectivity index (χ4n) is 3.39. The summed E-state index contributed by atoms with van der Waals surface area (Å²) in [7, 11) is 0. The van der Waals surface area contributed by atoms with Gasteiger partial charge in [-0.2, -0.15) is 0 Å². The highest BCUT2D eigenvalue weighted by atomic mass is 14.8. The van der Waals surface area contributed by atoms with E-state index in [9.17, 15) is 0 Å². The van der Waals surface area contributed by atoms with E-state index in [-0.39, 0.29) is 0 Å². The molecule has 2 aromatic rings. The van der Waals surface area contributed by atoms with Crippen molar-refractivity contribution in [2.75, 3.05) is 6.54 Å². The largest absolute Gasteiger partial charge is 0.358 e.